The van der Waals surface area contributed by atoms with Crippen molar-refractivity contribution in [3.05, 3.63) is 54.1 Å². The highest BCUT2D eigenvalue weighted by Crippen LogP contribution is 2.32. The third-order valence-corrected chi connectivity index (χ3v) is 7.95. The van der Waals surface area contributed by atoms with Gasteiger partial charge in [0.25, 0.3) is 5.91 Å². The number of nitrogens with one attached hydrogen (secondary N) is 1. The van der Waals surface area contributed by atoms with Crippen LogP contribution in [0.2, 0.25) is 0 Å². The van der Waals surface area contributed by atoms with Crippen LogP contribution in [0.15, 0.2) is 53.4 Å². The van der Waals surface area contributed by atoms with Crippen molar-refractivity contribution in [3.63, 3.8) is 0 Å². The van der Waals surface area contributed by atoms with E-state index in [9.17, 15) is 18.0 Å². The molecule has 2 aromatic carbocycles. The van der Waals surface area contributed by atoms with E-state index in [2.05, 4.69) is 4.72 Å². The average Bonchev–Trinajstić information content (AvgIpc) is 3.44. The predicted octanol–water partition coefficient (Wildman–Crippen LogP) is 2.11. The van der Waals surface area contributed by atoms with Crippen LogP contribution in [0.3, 0.4) is 0 Å². The van der Waals surface area contributed by atoms with E-state index in [4.69, 9.17) is 14.2 Å². The number of carbonyl (C=O) groups is 2. The van der Waals surface area contributed by atoms with Crippen LogP contribution in [-0.2, 0) is 29.1 Å². The van der Waals surface area contributed by atoms with E-state index < -0.39 is 22.1 Å². The fourth-order valence-electron chi connectivity index (χ4n) is 4.56. The van der Waals surface area contributed by atoms with Crippen molar-refractivity contribution in [2.45, 2.75) is 36.9 Å². The lowest BCUT2D eigenvalue weighted by molar-refractivity contribution is -0.159. The first-order valence-electron chi connectivity index (χ1n) is 12.3. The molecule has 2 fully saturated rings. The minimum absolute atomic E-state index is 0.107. The van der Waals surface area contributed by atoms with Gasteiger partial charge in [0.1, 0.15) is 5.75 Å². The molecule has 2 atom stereocenters. The van der Waals surface area contributed by atoms with Crippen molar-refractivity contribution in [1.29, 1.82) is 0 Å². The van der Waals surface area contributed by atoms with Gasteiger partial charge in [0, 0.05) is 51.8 Å². The second kappa shape index (κ2) is 11.9. The lowest BCUT2D eigenvalue weighted by Crippen LogP contribution is -2.50. The number of hydrogen-bond donors (Lipinski definition) is 1. The van der Waals surface area contributed by atoms with Crippen molar-refractivity contribution >= 4 is 27.6 Å². The zero-order chi connectivity index (χ0) is 26.4. The first kappa shape index (κ1) is 26.9. The molecule has 11 heteroatoms. The van der Waals surface area contributed by atoms with Crippen molar-refractivity contribution in [1.82, 2.24) is 9.62 Å². The SMILES string of the molecule is COc1ccc(S(=O)(=O)NCC2CCCO2)cc1N1CCN(C(=O)C(OC(C)=O)c2ccccc2)CC1. The fraction of sp³-hybridized carbons (Fsp3) is 0.462. The molecule has 2 heterocycles. The van der Waals surface area contributed by atoms with Crippen LogP contribution < -0.4 is 14.4 Å². The smallest absolute Gasteiger partial charge is 0.303 e. The highest BCUT2D eigenvalue weighted by Gasteiger charge is 2.32. The Balaban J connectivity index is 1.46. The first-order valence-corrected chi connectivity index (χ1v) is 13.8. The lowest BCUT2D eigenvalue weighted by Gasteiger charge is -2.38. The second-order valence-corrected chi connectivity index (χ2v) is 10.8. The Hall–Kier alpha value is -3.15. The number of benzene rings is 2. The van der Waals surface area contributed by atoms with Gasteiger partial charge in [-0.25, -0.2) is 13.1 Å². The molecule has 0 spiro atoms. The third kappa shape index (κ3) is 6.60. The van der Waals surface area contributed by atoms with E-state index in [0.717, 1.165) is 12.8 Å². The molecule has 37 heavy (non-hydrogen) atoms. The van der Waals surface area contributed by atoms with Crippen LogP contribution in [0.25, 0.3) is 0 Å². The van der Waals surface area contributed by atoms with E-state index in [-0.39, 0.29) is 23.5 Å². The van der Waals surface area contributed by atoms with Crippen molar-refractivity contribution in [2.75, 3.05) is 51.3 Å². The quantitative estimate of drug-likeness (QED) is 0.490. The number of nitrogens with zero attached hydrogens (tertiary/aromatic N) is 2. The van der Waals surface area contributed by atoms with Gasteiger partial charge in [-0.15, -0.1) is 0 Å². The summed E-state index contributed by atoms with van der Waals surface area (Å²) >= 11 is 0. The normalized spacial score (nSPS) is 18.9. The van der Waals surface area contributed by atoms with Gasteiger partial charge in [0.05, 0.1) is 23.8 Å². The highest BCUT2D eigenvalue weighted by molar-refractivity contribution is 7.89. The van der Waals surface area contributed by atoms with Gasteiger partial charge in [-0.1, -0.05) is 30.3 Å². The van der Waals surface area contributed by atoms with Crippen LogP contribution in [0.1, 0.15) is 31.4 Å². The van der Waals surface area contributed by atoms with E-state index in [1.165, 1.54) is 20.1 Å². The monoisotopic (exact) mass is 531 g/mol. The minimum Gasteiger partial charge on any atom is -0.495 e. The molecule has 2 aliphatic heterocycles. The van der Waals surface area contributed by atoms with Gasteiger partial charge in [0.2, 0.25) is 16.1 Å². The van der Waals surface area contributed by atoms with Gasteiger partial charge >= 0.3 is 5.97 Å². The van der Waals surface area contributed by atoms with E-state index in [1.54, 1.807) is 41.3 Å². The molecular formula is C26H33N3O7S. The summed E-state index contributed by atoms with van der Waals surface area (Å²) in [6.45, 7) is 3.83. The molecule has 10 nitrogen and oxygen atoms in total. The molecule has 2 aromatic rings. The molecule has 1 amide bonds. The Labute approximate surface area is 217 Å². The Morgan fingerprint density at radius 1 is 1.11 bits per heavy atom. The fourth-order valence-corrected chi connectivity index (χ4v) is 5.65. The van der Waals surface area contributed by atoms with E-state index in [0.29, 0.717) is 49.8 Å². The van der Waals surface area contributed by atoms with Gasteiger partial charge in [-0.05, 0) is 31.0 Å². The number of methoxy groups -OCH3 is 1. The number of amides is 1. The molecule has 0 saturated carbocycles. The van der Waals surface area contributed by atoms with Crippen LogP contribution in [0.4, 0.5) is 5.69 Å². The summed E-state index contributed by atoms with van der Waals surface area (Å²) in [6, 6.07) is 13.7. The Morgan fingerprint density at radius 3 is 2.46 bits per heavy atom. The Bertz CT molecular complexity index is 1190. The maximum absolute atomic E-state index is 13.3. The Morgan fingerprint density at radius 2 is 1.84 bits per heavy atom. The maximum Gasteiger partial charge on any atom is 0.303 e. The predicted molar refractivity (Wildman–Crippen MR) is 137 cm³/mol. The standard InChI is InChI=1S/C26H33N3O7S/c1-19(30)36-25(20-7-4-3-5-8-20)26(31)29-14-12-28(13-15-29)23-17-22(10-11-24(23)34-2)37(32,33)27-18-21-9-6-16-35-21/h3-5,7-8,10-11,17,21,25,27H,6,9,12-16,18H2,1-2H3. The summed E-state index contributed by atoms with van der Waals surface area (Å²) in [5.41, 5.74) is 1.24. The molecule has 200 valence electrons. The zero-order valence-electron chi connectivity index (χ0n) is 21.1. The van der Waals surface area contributed by atoms with Crippen LogP contribution in [0.5, 0.6) is 5.75 Å². The summed E-state index contributed by atoms with van der Waals surface area (Å²) in [5, 5.41) is 0. The van der Waals surface area contributed by atoms with Crippen molar-refractivity contribution < 1.29 is 32.2 Å². The molecule has 4 rings (SSSR count). The van der Waals surface area contributed by atoms with Gasteiger partial charge in [0.15, 0.2) is 0 Å². The second-order valence-electron chi connectivity index (χ2n) is 9.03. The first-order chi connectivity index (χ1) is 17.8. The summed E-state index contributed by atoms with van der Waals surface area (Å²) in [4.78, 5) is 28.7. The number of sulfonamides is 1. The summed E-state index contributed by atoms with van der Waals surface area (Å²) in [6.07, 6.45) is 0.649. The zero-order valence-corrected chi connectivity index (χ0v) is 21.9. The summed E-state index contributed by atoms with van der Waals surface area (Å²) < 4.78 is 44.9. The number of ether oxygens (including phenoxy) is 3. The van der Waals surface area contributed by atoms with Crippen LogP contribution in [0, 0.1) is 0 Å². The molecule has 2 aliphatic rings. The molecule has 0 radical (unpaired) electrons. The number of esters is 1. The third-order valence-electron chi connectivity index (χ3n) is 6.53. The lowest BCUT2D eigenvalue weighted by atomic mass is 10.1. The highest BCUT2D eigenvalue weighted by atomic mass is 32.2. The molecule has 2 unspecified atom stereocenters. The topological polar surface area (TPSA) is 114 Å². The molecular weight excluding hydrogens is 498 g/mol. The molecule has 0 bridgehead atoms. The van der Waals surface area contributed by atoms with Crippen LogP contribution >= 0.6 is 0 Å². The minimum atomic E-state index is -3.74. The largest absolute Gasteiger partial charge is 0.495 e. The molecule has 0 aromatic heterocycles. The van der Waals surface area contributed by atoms with Gasteiger partial charge in [-0.3, -0.25) is 9.59 Å². The van der Waals surface area contributed by atoms with Gasteiger partial charge < -0.3 is 24.0 Å². The molecule has 2 saturated heterocycles. The molecule has 1 N–H and O–H groups in total. The Kier molecular flexibility index (Phi) is 8.67. The summed E-state index contributed by atoms with van der Waals surface area (Å²) in [5.74, 6) is -0.278. The van der Waals surface area contributed by atoms with Crippen molar-refractivity contribution in [3.8, 4) is 5.75 Å². The number of hydrogen-bond acceptors (Lipinski definition) is 8. The number of piperazine rings is 1. The van der Waals surface area contributed by atoms with E-state index in [1.807, 2.05) is 11.0 Å². The van der Waals surface area contributed by atoms with Crippen molar-refractivity contribution in [2.24, 2.45) is 0 Å². The number of carbonyl (C=O) groups excluding carboxylic acids is 2. The van der Waals surface area contributed by atoms with E-state index >= 15 is 0 Å². The summed E-state index contributed by atoms with van der Waals surface area (Å²) in [7, 11) is -2.20. The number of anilines is 1. The average molecular weight is 532 g/mol. The number of rotatable bonds is 9. The van der Waals surface area contributed by atoms with Gasteiger partial charge in [-0.2, -0.15) is 0 Å². The van der Waals surface area contributed by atoms with Crippen LogP contribution in [-0.4, -0.2) is 77.7 Å². The molecule has 0 aliphatic carbocycles. The maximum atomic E-state index is 13.3.